The predicted molar refractivity (Wildman–Crippen MR) is 117 cm³/mol. The number of hydrogen-bond acceptors (Lipinski definition) is 6. The van der Waals surface area contributed by atoms with Crippen molar-refractivity contribution in [3.05, 3.63) is 45.8 Å². The second-order valence-electron chi connectivity index (χ2n) is 7.45. The van der Waals surface area contributed by atoms with Crippen LogP contribution in [0.25, 0.3) is 11.0 Å². The van der Waals surface area contributed by atoms with Crippen LogP contribution in [0.15, 0.2) is 33.5 Å². The van der Waals surface area contributed by atoms with Crippen LogP contribution < -0.4 is 5.63 Å². The van der Waals surface area contributed by atoms with Gasteiger partial charge in [0.1, 0.15) is 5.58 Å². The number of nitriles is 1. The van der Waals surface area contributed by atoms with Gasteiger partial charge in [-0.3, -0.25) is 0 Å². The maximum atomic E-state index is 12.2. The Balaban J connectivity index is 2.47. The Hall–Kier alpha value is -1.77. The molecule has 2 aromatic rings. The fourth-order valence-electron chi connectivity index (χ4n) is 3.23. The largest absolute Gasteiger partial charge is 0.423 e. The molecule has 0 radical (unpaired) electrons. The zero-order valence-electron chi connectivity index (χ0n) is 18.8. The molecule has 2 atom stereocenters. The number of benzene rings is 1. The monoisotopic (exact) mass is 419 g/mol. The molecular formula is C22H31N2O4P. The zero-order valence-corrected chi connectivity index (χ0v) is 18.7. The third kappa shape index (κ3) is 6.10. The fourth-order valence-corrected chi connectivity index (χ4v) is 4.97. The summed E-state index contributed by atoms with van der Waals surface area (Å²) in [5, 5.41) is 9.70. The lowest BCUT2D eigenvalue weighted by Gasteiger charge is -2.37. The maximum Gasteiger partial charge on any atom is 0.336 e. The van der Waals surface area contributed by atoms with E-state index in [0.29, 0.717) is 17.6 Å². The van der Waals surface area contributed by atoms with Gasteiger partial charge in [-0.15, -0.1) is 0 Å². The Morgan fingerprint density at radius 2 is 2.00 bits per heavy atom. The highest BCUT2D eigenvalue weighted by molar-refractivity contribution is 7.44. The second kappa shape index (κ2) is 10.8. The molecule has 0 amide bonds. The lowest BCUT2D eigenvalue weighted by molar-refractivity contribution is 0.130. The van der Waals surface area contributed by atoms with Crippen molar-refractivity contribution in [2.45, 2.75) is 72.5 Å². The van der Waals surface area contributed by atoms with Crippen LogP contribution in [0.2, 0.25) is 0 Å². The van der Waals surface area contributed by atoms with Crippen LogP contribution in [0.5, 0.6) is 0 Å². The summed E-state index contributed by atoms with van der Waals surface area (Å²) in [5.41, 5.74) is 1.77. The lowest BCUT2D eigenvalue weighted by Crippen LogP contribution is -2.34. The summed E-state index contributed by atoms with van der Waals surface area (Å²) in [6.07, 6.45) is 0.189. The fraction of sp³-hybridized carbons (Fsp3) is 0.545. The molecular weight excluding hydrogens is 387 g/mol. The van der Waals surface area contributed by atoms with Crippen LogP contribution >= 0.6 is 8.53 Å². The van der Waals surface area contributed by atoms with E-state index in [2.05, 4.69) is 38.4 Å². The highest BCUT2D eigenvalue weighted by Crippen LogP contribution is 2.50. The van der Waals surface area contributed by atoms with E-state index in [9.17, 15) is 4.79 Å². The van der Waals surface area contributed by atoms with Gasteiger partial charge < -0.3 is 13.5 Å². The molecule has 1 heterocycles. The van der Waals surface area contributed by atoms with Crippen LogP contribution in [0.3, 0.4) is 0 Å². The third-order valence-corrected chi connectivity index (χ3v) is 6.56. The average molecular weight is 419 g/mol. The molecule has 1 aromatic carbocycles. The van der Waals surface area contributed by atoms with Gasteiger partial charge in [0.2, 0.25) is 0 Å². The van der Waals surface area contributed by atoms with E-state index in [1.165, 1.54) is 6.07 Å². The summed E-state index contributed by atoms with van der Waals surface area (Å²) in [6.45, 7) is 10.6. The summed E-state index contributed by atoms with van der Waals surface area (Å²) >= 11 is 0. The predicted octanol–water partition coefficient (Wildman–Crippen LogP) is 5.85. The Bertz CT molecular complexity index is 917. The van der Waals surface area contributed by atoms with Crippen molar-refractivity contribution in [2.75, 3.05) is 6.61 Å². The Kier molecular flexibility index (Phi) is 8.20. The van der Waals surface area contributed by atoms with E-state index >= 15 is 0 Å². The minimum Gasteiger partial charge on any atom is -0.423 e. The molecule has 0 fully saturated rings. The van der Waals surface area contributed by atoms with E-state index in [4.69, 9.17) is 20.1 Å². The van der Waals surface area contributed by atoms with Crippen LogP contribution in [0.1, 0.15) is 66.0 Å². The Morgan fingerprint density at radius 1 is 1.28 bits per heavy atom. The first-order chi connectivity index (χ1) is 14.3. The van der Waals surface area contributed by atoms with Crippen LogP contribution in [0, 0.1) is 18.3 Å². The lowest BCUT2D eigenvalue weighted by atomic mass is 10.0. The second-order valence-corrected chi connectivity index (χ2v) is 8.86. The van der Waals surface area contributed by atoms with Crippen LogP contribution in [-0.2, 0) is 9.05 Å². The van der Waals surface area contributed by atoms with Crippen molar-refractivity contribution in [3.8, 4) is 6.07 Å². The SMILES string of the molecule is [2H]CCC(OP(OCCC#N)N(C(C)C)C(C)C)c1cc(=O)oc2cc(C)ccc12. The normalized spacial score (nSPS) is 14.4. The van der Waals surface area contributed by atoms with Gasteiger partial charge in [0, 0.05) is 24.9 Å². The van der Waals surface area contributed by atoms with Crippen molar-refractivity contribution in [1.82, 2.24) is 4.67 Å². The first-order valence-corrected chi connectivity index (χ1v) is 11.0. The van der Waals surface area contributed by atoms with Crippen molar-refractivity contribution in [2.24, 2.45) is 0 Å². The molecule has 0 bridgehead atoms. The van der Waals surface area contributed by atoms with E-state index < -0.39 is 20.3 Å². The molecule has 6 nitrogen and oxygen atoms in total. The number of fused-ring (bicyclic) bond motifs is 1. The molecule has 0 spiro atoms. The quantitative estimate of drug-likeness (QED) is 0.273. The number of aryl methyl sites for hydroxylation is 1. The number of hydrogen-bond donors (Lipinski definition) is 0. The van der Waals surface area contributed by atoms with Crippen LogP contribution in [0.4, 0.5) is 0 Å². The highest BCUT2D eigenvalue weighted by atomic mass is 31.2. The third-order valence-electron chi connectivity index (χ3n) is 4.42. The molecule has 0 aliphatic rings. The molecule has 7 heteroatoms. The van der Waals surface area contributed by atoms with E-state index in [1.54, 1.807) is 0 Å². The first-order valence-electron chi connectivity index (χ1n) is 10.6. The van der Waals surface area contributed by atoms with Gasteiger partial charge in [-0.1, -0.05) is 19.0 Å². The molecule has 0 aliphatic heterocycles. The van der Waals surface area contributed by atoms with Crippen molar-refractivity contribution >= 4 is 19.5 Å². The summed E-state index contributed by atoms with van der Waals surface area (Å²) in [4.78, 5) is 12.2. The summed E-state index contributed by atoms with van der Waals surface area (Å²) in [6, 6.07) is 9.59. The van der Waals surface area contributed by atoms with Crippen LogP contribution in [-0.4, -0.2) is 23.4 Å². The minimum atomic E-state index is -1.49. The van der Waals surface area contributed by atoms with Gasteiger partial charge >= 0.3 is 5.63 Å². The molecule has 2 unspecified atom stereocenters. The Labute approximate surface area is 175 Å². The zero-order chi connectivity index (χ0) is 22.3. The summed E-state index contributed by atoms with van der Waals surface area (Å²) < 4.78 is 27.8. The topological polar surface area (TPSA) is 75.7 Å². The van der Waals surface area contributed by atoms with Gasteiger partial charge in [-0.05, 0) is 58.2 Å². The molecule has 0 aliphatic carbocycles. The van der Waals surface area contributed by atoms with Crippen molar-refractivity contribution in [1.29, 1.82) is 5.26 Å². The summed E-state index contributed by atoms with van der Waals surface area (Å²) in [7, 11) is -1.49. The van der Waals surface area contributed by atoms with E-state index in [-0.39, 0.29) is 32.0 Å². The van der Waals surface area contributed by atoms with Gasteiger partial charge in [0.25, 0.3) is 8.53 Å². The Morgan fingerprint density at radius 3 is 2.62 bits per heavy atom. The molecule has 0 N–H and O–H groups in total. The minimum absolute atomic E-state index is 0.142. The maximum absolute atomic E-state index is 12.2. The molecule has 2 rings (SSSR count). The van der Waals surface area contributed by atoms with Gasteiger partial charge in [0.05, 0.1) is 25.2 Å². The van der Waals surface area contributed by atoms with Gasteiger partial charge in [-0.25, -0.2) is 9.46 Å². The van der Waals surface area contributed by atoms with E-state index in [1.807, 2.05) is 25.1 Å². The van der Waals surface area contributed by atoms with Gasteiger partial charge in [0.15, 0.2) is 0 Å². The first kappa shape index (κ1) is 21.9. The average Bonchev–Trinajstić information content (AvgIpc) is 2.66. The number of nitrogens with zero attached hydrogens (tertiary/aromatic N) is 2. The molecule has 0 saturated carbocycles. The molecule has 158 valence electrons. The standard InChI is InChI=1S/C22H31N2O4P/c1-7-20(19-14-22(25)27-21-13-17(6)9-10-18(19)21)28-29(26-12-8-11-23)24(15(2)3)16(4)5/h9-10,13-16,20H,7-8,12H2,1-6H3/i1D. The van der Waals surface area contributed by atoms with Gasteiger partial charge in [-0.2, -0.15) is 5.26 Å². The highest BCUT2D eigenvalue weighted by Gasteiger charge is 2.30. The smallest absolute Gasteiger partial charge is 0.336 e. The molecule has 0 saturated heterocycles. The molecule has 29 heavy (non-hydrogen) atoms. The van der Waals surface area contributed by atoms with Crippen molar-refractivity contribution in [3.63, 3.8) is 0 Å². The van der Waals surface area contributed by atoms with Crippen molar-refractivity contribution < 1.29 is 14.8 Å². The molecule has 1 aromatic heterocycles. The van der Waals surface area contributed by atoms with E-state index in [0.717, 1.165) is 10.9 Å². The summed E-state index contributed by atoms with van der Waals surface area (Å²) in [5.74, 6) is 0. The number of rotatable bonds is 10.